The van der Waals surface area contributed by atoms with Crippen LogP contribution in [-0.4, -0.2) is 9.55 Å². The summed E-state index contributed by atoms with van der Waals surface area (Å²) in [4.78, 5) is 7.21. The second-order valence-electron chi connectivity index (χ2n) is 14.1. The van der Waals surface area contributed by atoms with Crippen molar-refractivity contribution in [2.24, 2.45) is 0 Å². The molecular formula is C53H37N3. The van der Waals surface area contributed by atoms with Crippen molar-refractivity contribution in [2.75, 3.05) is 4.90 Å². The van der Waals surface area contributed by atoms with Crippen LogP contribution in [0.1, 0.15) is 0 Å². The second-order valence-corrected chi connectivity index (χ2v) is 14.1. The third-order valence-corrected chi connectivity index (χ3v) is 10.6. The first kappa shape index (κ1) is 33.1. The minimum absolute atomic E-state index is 0.947. The quantitative estimate of drug-likeness (QED) is 0.156. The smallest absolute Gasteiger partial charge is 0.0703 e. The minimum atomic E-state index is 0.947. The molecule has 10 rings (SSSR count). The number of anilines is 3. The van der Waals surface area contributed by atoms with Crippen LogP contribution in [0.25, 0.3) is 72.1 Å². The zero-order valence-electron chi connectivity index (χ0n) is 30.7. The fraction of sp³-hybridized carbons (Fsp3) is 0. The summed E-state index contributed by atoms with van der Waals surface area (Å²) in [5, 5.41) is 2.54. The van der Waals surface area contributed by atoms with Gasteiger partial charge in [-0.25, -0.2) is 0 Å². The number of fused-ring (bicyclic) bond motifs is 3. The number of hydrogen-bond acceptors (Lipinski definition) is 2. The maximum absolute atomic E-state index is 4.92. The molecule has 3 nitrogen and oxygen atoms in total. The molecule has 0 amide bonds. The zero-order valence-corrected chi connectivity index (χ0v) is 30.7. The molecule has 56 heavy (non-hydrogen) atoms. The molecule has 0 spiro atoms. The van der Waals surface area contributed by atoms with Gasteiger partial charge in [-0.2, -0.15) is 0 Å². The second kappa shape index (κ2) is 14.4. The highest BCUT2D eigenvalue weighted by Gasteiger charge is 2.16. The lowest BCUT2D eigenvalue weighted by molar-refractivity contribution is 1.18. The van der Waals surface area contributed by atoms with Crippen LogP contribution >= 0.6 is 0 Å². The SMILES string of the molecule is c1ccc(-c2ccc(N(c3ccc(-c4ccccc4)nc3)c3cccc(-c4cccc(-c5ccc(-n6c7ccccc7c7ccccc76)cc5)c4)c3)cc2)cc1. The Morgan fingerprint density at radius 1 is 0.321 bits per heavy atom. The first-order valence-electron chi connectivity index (χ1n) is 19.0. The number of benzene rings is 8. The predicted molar refractivity (Wildman–Crippen MR) is 235 cm³/mol. The summed E-state index contributed by atoms with van der Waals surface area (Å²) in [6.45, 7) is 0. The molecule has 0 aliphatic rings. The lowest BCUT2D eigenvalue weighted by Gasteiger charge is -2.26. The van der Waals surface area contributed by atoms with E-state index in [-0.39, 0.29) is 0 Å². The van der Waals surface area contributed by atoms with Gasteiger partial charge in [0.1, 0.15) is 0 Å². The van der Waals surface area contributed by atoms with Crippen LogP contribution in [-0.2, 0) is 0 Å². The van der Waals surface area contributed by atoms with Crippen molar-refractivity contribution in [3.8, 4) is 50.3 Å². The van der Waals surface area contributed by atoms with Gasteiger partial charge in [0.2, 0.25) is 0 Å². The van der Waals surface area contributed by atoms with Gasteiger partial charge in [-0.3, -0.25) is 4.98 Å². The first-order valence-corrected chi connectivity index (χ1v) is 19.0. The van der Waals surface area contributed by atoms with Crippen LogP contribution < -0.4 is 4.90 Å². The lowest BCUT2D eigenvalue weighted by Crippen LogP contribution is -2.10. The average molecular weight is 716 g/mol. The summed E-state index contributed by atoms with van der Waals surface area (Å²) in [5.74, 6) is 0. The molecule has 0 bridgehead atoms. The highest BCUT2D eigenvalue weighted by molar-refractivity contribution is 6.09. The molecule has 10 aromatic rings. The van der Waals surface area contributed by atoms with E-state index < -0.39 is 0 Å². The molecule has 0 aliphatic carbocycles. The fourth-order valence-corrected chi connectivity index (χ4v) is 7.89. The van der Waals surface area contributed by atoms with E-state index in [9.17, 15) is 0 Å². The van der Waals surface area contributed by atoms with Crippen molar-refractivity contribution in [2.45, 2.75) is 0 Å². The lowest BCUT2D eigenvalue weighted by atomic mass is 9.98. The van der Waals surface area contributed by atoms with Crippen LogP contribution in [0, 0.1) is 0 Å². The minimum Gasteiger partial charge on any atom is -0.309 e. The van der Waals surface area contributed by atoms with E-state index in [0.29, 0.717) is 0 Å². The van der Waals surface area contributed by atoms with Crippen molar-refractivity contribution in [1.82, 2.24) is 9.55 Å². The molecule has 2 heterocycles. The third kappa shape index (κ3) is 6.21. The van der Waals surface area contributed by atoms with Gasteiger partial charge in [-0.15, -0.1) is 0 Å². The van der Waals surface area contributed by atoms with E-state index in [4.69, 9.17) is 4.98 Å². The van der Waals surface area contributed by atoms with Crippen molar-refractivity contribution in [1.29, 1.82) is 0 Å². The van der Waals surface area contributed by atoms with E-state index >= 15 is 0 Å². The number of hydrogen-bond donors (Lipinski definition) is 0. The van der Waals surface area contributed by atoms with Gasteiger partial charge in [0.15, 0.2) is 0 Å². The Kier molecular flexibility index (Phi) is 8.51. The Morgan fingerprint density at radius 3 is 1.45 bits per heavy atom. The molecule has 0 atom stereocenters. The van der Waals surface area contributed by atoms with Crippen molar-refractivity contribution >= 4 is 38.9 Å². The van der Waals surface area contributed by atoms with Crippen LogP contribution in [0.15, 0.2) is 225 Å². The Labute approximate surface area is 327 Å². The van der Waals surface area contributed by atoms with Crippen LogP contribution in [0.4, 0.5) is 17.1 Å². The Bertz CT molecular complexity index is 2790. The Balaban J connectivity index is 0.996. The largest absolute Gasteiger partial charge is 0.309 e. The number of aromatic nitrogens is 2. The molecule has 3 heteroatoms. The number of nitrogens with zero attached hydrogens (tertiary/aromatic N) is 3. The molecule has 0 unspecified atom stereocenters. The van der Waals surface area contributed by atoms with E-state index in [0.717, 1.165) is 45.1 Å². The van der Waals surface area contributed by atoms with E-state index in [1.165, 1.54) is 44.1 Å². The average Bonchev–Trinajstić information content (AvgIpc) is 3.62. The van der Waals surface area contributed by atoms with E-state index in [1.54, 1.807) is 0 Å². The molecule has 0 saturated carbocycles. The van der Waals surface area contributed by atoms with Crippen LogP contribution in [0.3, 0.4) is 0 Å². The zero-order chi connectivity index (χ0) is 37.3. The van der Waals surface area contributed by atoms with Gasteiger partial charge in [0.05, 0.1) is 28.6 Å². The monoisotopic (exact) mass is 715 g/mol. The van der Waals surface area contributed by atoms with Gasteiger partial charge in [-0.1, -0.05) is 152 Å². The van der Waals surface area contributed by atoms with Gasteiger partial charge >= 0.3 is 0 Å². The molecule has 264 valence electrons. The van der Waals surface area contributed by atoms with Crippen LogP contribution in [0.5, 0.6) is 0 Å². The molecule has 0 fully saturated rings. The molecule has 0 N–H and O–H groups in total. The highest BCUT2D eigenvalue weighted by Crippen LogP contribution is 2.39. The predicted octanol–water partition coefficient (Wildman–Crippen LogP) is 14.3. The van der Waals surface area contributed by atoms with Gasteiger partial charge < -0.3 is 9.47 Å². The molecule has 0 aliphatic heterocycles. The molecule has 0 saturated heterocycles. The molecular weight excluding hydrogens is 679 g/mol. The number of para-hydroxylation sites is 2. The highest BCUT2D eigenvalue weighted by atomic mass is 15.1. The third-order valence-electron chi connectivity index (χ3n) is 10.6. The van der Waals surface area contributed by atoms with Crippen LogP contribution in [0.2, 0.25) is 0 Å². The summed E-state index contributed by atoms with van der Waals surface area (Å²) < 4.78 is 2.36. The number of pyridine rings is 1. The normalized spacial score (nSPS) is 11.2. The van der Waals surface area contributed by atoms with Crippen molar-refractivity contribution in [3.63, 3.8) is 0 Å². The van der Waals surface area contributed by atoms with Crippen molar-refractivity contribution in [3.05, 3.63) is 225 Å². The molecule has 2 aromatic heterocycles. The van der Waals surface area contributed by atoms with E-state index in [2.05, 4.69) is 210 Å². The van der Waals surface area contributed by atoms with Gasteiger partial charge in [0, 0.05) is 33.4 Å². The maximum Gasteiger partial charge on any atom is 0.0703 e. The van der Waals surface area contributed by atoms with E-state index in [1.807, 2.05) is 24.4 Å². The molecule has 8 aromatic carbocycles. The summed E-state index contributed by atoms with van der Waals surface area (Å²) >= 11 is 0. The summed E-state index contributed by atoms with van der Waals surface area (Å²) in [6, 6.07) is 77.8. The van der Waals surface area contributed by atoms with Crippen molar-refractivity contribution < 1.29 is 0 Å². The number of rotatable bonds is 8. The standard InChI is InChI=1S/C53H37N3/c1-3-13-38(14-4-1)39-25-29-45(30-26-39)55(48-33-34-51(54-37-48)41-15-5-2-6-16-41)47-20-12-19-44(36-47)43-18-11-17-42(35-43)40-27-31-46(32-28-40)56-52-23-9-7-21-49(52)50-22-8-10-24-53(50)56/h1-37H. The van der Waals surface area contributed by atoms with Gasteiger partial charge in [0.25, 0.3) is 0 Å². The van der Waals surface area contributed by atoms with Gasteiger partial charge in [-0.05, 0) is 100 Å². The Morgan fingerprint density at radius 2 is 0.804 bits per heavy atom. The Hall–Kier alpha value is -7.49. The molecule has 0 radical (unpaired) electrons. The summed E-state index contributed by atoms with van der Waals surface area (Å²) in [7, 11) is 0. The summed E-state index contributed by atoms with van der Waals surface area (Å²) in [6.07, 6.45) is 1.98. The topological polar surface area (TPSA) is 21.1 Å². The maximum atomic E-state index is 4.92. The fourth-order valence-electron chi connectivity index (χ4n) is 7.89. The summed E-state index contributed by atoms with van der Waals surface area (Å²) in [5.41, 5.74) is 15.8. The first-order chi connectivity index (χ1) is 27.8.